The standard InChI is InChI=1S/C23H27N5/c1-3-18-9-11-20(12-10-18)24-21-17-22(28-15-13-27(2)14-16-28)26-23(25-21)19-7-5-4-6-8-19/h4-12,17H,3,13-16H2,1-2H3,(H,24,25,26). The maximum Gasteiger partial charge on any atom is 0.163 e. The molecule has 0 amide bonds. The molecule has 0 atom stereocenters. The second-order valence-electron chi connectivity index (χ2n) is 7.27. The third kappa shape index (κ3) is 4.31. The Kier molecular flexibility index (Phi) is 5.53. The number of hydrogen-bond acceptors (Lipinski definition) is 5. The zero-order valence-corrected chi connectivity index (χ0v) is 16.6. The van der Waals surface area contributed by atoms with Crippen LogP contribution in [0.5, 0.6) is 0 Å². The second-order valence-corrected chi connectivity index (χ2v) is 7.27. The summed E-state index contributed by atoms with van der Waals surface area (Å²) in [6, 6.07) is 20.8. The monoisotopic (exact) mass is 373 g/mol. The van der Waals surface area contributed by atoms with Crippen molar-refractivity contribution in [1.82, 2.24) is 14.9 Å². The summed E-state index contributed by atoms with van der Waals surface area (Å²) in [5.74, 6) is 2.56. The van der Waals surface area contributed by atoms with Crippen LogP contribution in [0.25, 0.3) is 11.4 Å². The van der Waals surface area contributed by atoms with E-state index >= 15 is 0 Å². The molecule has 3 aromatic rings. The molecule has 0 bridgehead atoms. The first-order valence-corrected chi connectivity index (χ1v) is 9.95. The van der Waals surface area contributed by atoms with Crippen molar-refractivity contribution in [2.24, 2.45) is 0 Å². The third-order valence-electron chi connectivity index (χ3n) is 5.21. The van der Waals surface area contributed by atoms with Crippen LogP contribution in [-0.2, 0) is 6.42 Å². The number of rotatable bonds is 5. The maximum absolute atomic E-state index is 4.88. The molecule has 144 valence electrons. The fourth-order valence-electron chi connectivity index (χ4n) is 3.38. The highest BCUT2D eigenvalue weighted by molar-refractivity contribution is 5.65. The number of aryl methyl sites for hydroxylation is 1. The first kappa shape index (κ1) is 18.4. The average Bonchev–Trinajstić information content (AvgIpc) is 2.75. The number of anilines is 3. The second kappa shape index (κ2) is 8.40. The largest absolute Gasteiger partial charge is 0.354 e. The van der Waals surface area contributed by atoms with E-state index < -0.39 is 0 Å². The highest BCUT2D eigenvalue weighted by Gasteiger charge is 2.17. The first-order chi connectivity index (χ1) is 13.7. The Bertz CT molecular complexity index is 900. The van der Waals surface area contributed by atoms with Gasteiger partial charge in [-0.05, 0) is 31.2 Å². The van der Waals surface area contributed by atoms with Gasteiger partial charge in [0.05, 0.1) is 0 Å². The van der Waals surface area contributed by atoms with E-state index in [4.69, 9.17) is 9.97 Å². The van der Waals surface area contributed by atoms with Gasteiger partial charge in [-0.25, -0.2) is 9.97 Å². The van der Waals surface area contributed by atoms with Crippen molar-refractivity contribution in [3.63, 3.8) is 0 Å². The van der Waals surface area contributed by atoms with Gasteiger partial charge in [0.25, 0.3) is 0 Å². The Morgan fingerprint density at radius 3 is 2.29 bits per heavy atom. The Labute approximate surface area is 167 Å². The molecule has 0 saturated carbocycles. The summed E-state index contributed by atoms with van der Waals surface area (Å²) in [6.45, 7) is 6.22. The average molecular weight is 374 g/mol. The van der Waals surface area contributed by atoms with Crippen molar-refractivity contribution in [3.8, 4) is 11.4 Å². The molecule has 5 heteroatoms. The topological polar surface area (TPSA) is 44.3 Å². The van der Waals surface area contributed by atoms with E-state index in [9.17, 15) is 0 Å². The first-order valence-electron chi connectivity index (χ1n) is 9.95. The molecule has 1 aliphatic heterocycles. The normalized spacial score (nSPS) is 14.9. The van der Waals surface area contributed by atoms with Gasteiger partial charge in [0.1, 0.15) is 11.6 Å². The quantitative estimate of drug-likeness (QED) is 0.726. The zero-order valence-electron chi connectivity index (χ0n) is 16.6. The van der Waals surface area contributed by atoms with E-state index in [2.05, 4.69) is 71.6 Å². The number of hydrogen-bond donors (Lipinski definition) is 1. The van der Waals surface area contributed by atoms with Crippen LogP contribution in [0, 0.1) is 0 Å². The predicted octanol–water partition coefficient (Wildman–Crippen LogP) is 4.20. The van der Waals surface area contributed by atoms with Crippen LogP contribution >= 0.6 is 0 Å². The van der Waals surface area contributed by atoms with Gasteiger partial charge in [0.2, 0.25) is 0 Å². The summed E-state index contributed by atoms with van der Waals surface area (Å²) >= 11 is 0. The maximum atomic E-state index is 4.88. The highest BCUT2D eigenvalue weighted by Crippen LogP contribution is 2.25. The summed E-state index contributed by atoms with van der Waals surface area (Å²) in [7, 11) is 2.17. The minimum Gasteiger partial charge on any atom is -0.354 e. The Hall–Kier alpha value is -2.92. The lowest BCUT2D eigenvalue weighted by molar-refractivity contribution is 0.312. The SMILES string of the molecule is CCc1ccc(Nc2cc(N3CCN(C)CC3)nc(-c3ccccc3)n2)cc1. The van der Waals surface area contributed by atoms with Crippen LogP contribution in [0.1, 0.15) is 12.5 Å². The molecule has 2 aromatic carbocycles. The molecule has 28 heavy (non-hydrogen) atoms. The molecular weight excluding hydrogens is 346 g/mol. The fourth-order valence-corrected chi connectivity index (χ4v) is 3.38. The number of piperazine rings is 1. The van der Waals surface area contributed by atoms with Crippen molar-refractivity contribution < 1.29 is 0 Å². The smallest absolute Gasteiger partial charge is 0.163 e. The molecule has 5 nitrogen and oxygen atoms in total. The van der Waals surface area contributed by atoms with E-state index in [1.54, 1.807) is 0 Å². The molecule has 0 spiro atoms. The molecule has 2 heterocycles. The fraction of sp³-hybridized carbons (Fsp3) is 0.304. The van der Waals surface area contributed by atoms with Crippen molar-refractivity contribution in [2.45, 2.75) is 13.3 Å². The van der Waals surface area contributed by atoms with Crippen LogP contribution in [0.15, 0.2) is 60.7 Å². The summed E-state index contributed by atoms with van der Waals surface area (Å²) < 4.78 is 0. The van der Waals surface area contributed by atoms with Crippen LogP contribution in [0.2, 0.25) is 0 Å². The van der Waals surface area contributed by atoms with Gasteiger partial charge in [-0.3, -0.25) is 0 Å². The Morgan fingerprint density at radius 2 is 1.61 bits per heavy atom. The molecule has 0 aliphatic carbocycles. The van der Waals surface area contributed by atoms with Gasteiger partial charge < -0.3 is 15.1 Å². The molecule has 0 radical (unpaired) electrons. The lowest BCUT2D eigenvalue weighted by Crippen LogP contribution is -2.44. The minimum absolute atomic E-state index is 0.754. The van der Waals surface area contributed by atoms with Crippen LogP contribution < -0.4 is 10.2 Å². The number of nitrogens with zero attached hydrogens (tertiary/aromatic N) is 4. The molecule has 1 aromatic heterocycles. The van der Waals surface area contributed by atoms with Crippen molar-refractivity contribution >= 4 is 17.3 Å². The lowest BCUT2D eigenvalue weighted by atomic mass is 10.1. The minimum atomic E-state index is 0.754. The summed E-state index contributed by atoms with van der Waals surface area (Å²) in [5, 5.41) is 3.47. The molecule has 1 fully saturated rings. The van der Waals surface area contributed by atoms with Gasteiger partial charge in [-0.15, -0.1) is 0 Å². The summed E-state index contributed by atoms with van der Waals surface area (Å²) in [4.78, 5) is 14.4. The predicted molar refractivity (Wildman–Crippen MR) is 116 cm³/mol. The number of likely N-dealkylation sites (N-methyl/N-ethyl adjacent to an activating group) is 1. The highest BCUT2D eigenvalue weighted by atomic mass is 15.3. The Morgan fingerprint density at radius 1 is 0.893 bits per heavy atom. The van der Waals surface area contributed by atoms with Gasteiger partial charge in [-0.1, -0.05) is 49.4 Å². The summed E-state index contributed by atoms with van der Waals surface area (Å²) in [5.41, 5.74) is 3.40. The molecule has 1 aliphatic rings. The van der Waals surface area contributed by atoms with E-state index in [1.165, 1.54) is 5.56 Å². The lowest BCUT2D eigenvalue weighted by Gasteiger charge is -2.33. The van der Waals surface area contributed by atoms with Crippen molar-refractivity contribution in [1.29, 1.82) is 0 Å². The summed E-state index contributed by atoms with van der Waals surface area (Å²) in [6.07, 6.45) is 1.04. The van der Waals surface area contributed by atoms with E-state index in [1.807, 2.05) is 18.2 Å². The molecule has 1 N–H and O–H groups in total. The van der Waals surface area contributed by atoms with Gasteiger partial charge in [0.15, 0.2) is 5.82 Å². The molecule has 4 rings (SSSR count). The van der Waals surface area contributed by atoms with Gasteiger partial charge >= 0.3 is 0 Å². The van der Waals surface area contributed by atoms with Gasteiger partial charge in [0, 0.05) is 43.5 Å². The van der Waals surface area contributed by atoms with Crippen molar-refractivity contribution in [2.75, 3.05) is 43.4 Å². The van der Waals surface area contributed by atoms with Crippen molar-refractivity contribution in [3.05, 3.63) is 66.2 Å². The third-order valence-corrected chi connectivity index (χ3v) is 5.21. The van der Waals surface area contributed by atoms with E-state index in [0.717, 1.165) is 61.3 Å². The van der Waals surface area contributed by atoms with E-state index in [-0.39, 0.29) is 0 Å². The van der Waals surface area contributed by atoms with Crippen LogP contribution in [0.3, 0.4) is 0 Å². The number of aromatic nitrogens is 2. The van der Waals surface area contributed by atoms with Crippen LogP contribution in [0.4, 0.5) is 17.3 Å². The van der Waals surface area contributed by atoms with Gasteiger partial charge in [-0.2, -0.15) is 0 Å². The van der Waals surface area contributed by atoms with Crippen LogP contribution in [-0.4, -0.2) is 48.1 Å². The molecular formula is C23H27N5. The molecule has 0 unspecified atom stereocenters. The number of nitrogens with one attached hydrogen (secondary N) is 1. The Balaban J connectivity index is 1.66. The molecule has 1 saturated heterocycles. The zero-order chi connectivity index (χ0) is 19.3. The number of benzene rings is 2. The van der Waals surface area contributed by atoms with E-state index in [0.29, 0.717) is 0 Å².